The highest BCUT2D eigenvalue weighted by molar-refractivity contribution is 7.12. The molecule has 0 aliphatic carbocycles. The van der Waals surface area contributed by atoms with Gasteiger partial charge >= 0.3 is 0 Å². The van der Waals surface area contributed by atoms with Crippen molar-refractivity contribution in [3.8, 4) is 11.4 Å². The van der Waals surface area contributed by atoms with Crippen LogP contribution < -0.4 is 5.32 Å². The summed E-state index contributed by atoms with van der Waals surface area (Å²) in [5.41, 5.74) is 1.77. The van der Waals surface area contributed by atoms with Crippen LogP contribution in [0.25, 0.3) is 11.4 Å². The number of nitrogens with one attached hydrogen (secondary N) is 1. The molecule has 0 radical (unpaired) electrons. The number of carbonyl (C=O) groups is 2. The molecule has 1 atom stereocenters. The molecule has 2 aliphatic rings. The van der Waals surface area contributed by atoms with Crippen molar-refractivity contribution in [3.63, 3.8) is 0 Å². The molecule has 2 amide bonds. The third-order valence-electron chi connectivity index (χ3n) is 6.33. The molecular weight excluding hydrogens is 422 g/mol. The summed E-state index contributed by atoms with van der Waals surface area (Å²) in [4.78, 5) is 28.1. The third-order valence-corrected chi connectivity index (χ3v) is 7.19. The highest BCUT2D eigenvalue weighted by atomic mass is 32.1. The van der Waals surface area contributed by atoms with Crippen LogP contribution in [0.15, 0.2) is 41.8 Å². The Kier molecular flexibility index (Phi) is 6.03. The Hall–Kier alpha value is -3.00. The number of amides is 2. The number of rotatable bonds is 4. The summed E-state index contributed by atoms with van der Waals surface area (Å²) in [6, 6.07) is 11.5. The maximum atomic E-state index is 12.9. The lowest BCUT2D eigenvalue weighted by atomic mass is 9.96. The molecule has 2 aromatic heterocycles. The molecule has 0 spiro atoms. The van der Waals surface area contributed by atoms with E-state index in [-0.39, 0.29) is 17.7 Å². The van der Waals surface area contributed by atoms with Crippen molar-refractivity contribution < 1.29 is 9.59 Å². The number of anilines is 1. The van der Waals surface area contributed by atoms with Crippen molar-refractivity contribution in [2.75, 3.05) is 18.4 Å². The molecule has 4 heterocycles. The SMILES string of the molecule is O=C(Nc1ccc(-c2nnc3n2CCCCC3)cc1)[C@@H]1CCCN(C(=O)c2cccs2)C1. The number of nitrogens with zero attached hydrogens (tertiary/aromatic N) is 4. The lowest BCUT2D eigenvalue weighted by molar-refractivity contribution is -0.121. The van der Waals surface area contributed by atoms with E-state index in [1.165, 1.54) is 24.2 Å². The fourth-order valence-corrected chi connectivity index (χ4v) is 5.27. The summed E-state index contributed by atoms with van der Waals surface area (Å²) in [5.74, 6) is 1.76. The van der Waals surface area contributed by atoms with Crippen molar-refractivity contribution in [3.05, 3.63) is 52.5 Å². The molecule has 8 heteroatoms. The number of piperidine rings is 1. The molecule has 0 saturated carbocycles. The maximum Gasteiger partial charge on any atom is 0.263 e. The molecule has 1 fully saturated rings. The summed E-state index contributed by atoms with van der Waals surface area (Å²) >= 11 is 1.44. The quantitative estimate of drug-likeness (QED) is 0.647. The van der Waals surface area contributed by atoms with Crippen LogP contribution in [0.3, 0.4) is 0 Å². The second-order valence-corrected chi connectivity index (χ2v) is 9.48. The van der Waals surface area contributed by atoms with E-state index in [0.717, 1.165) is 60.0 Å². The van der Waals surface area contributed by atoms with Crippen molar-refractivity contribution in [2.45, 2.75) is 45.1 Å². The Balaban J connectivity index is 1.23. The van der Waals surface area contributed by atoms with Crippen molar-refractivity contribution >= 4 is 28.8 Å². The number of hydrogen-bond donors (Lipinski definition) is 1. The van der Waals surface area contributed by atoms with Gasteiger partial charge in [0.2, 0.25) is 5.91 Å². The molecule has 32 heavy (non-hydrogen) atoms. The van der Waals surface area contributed by atoms with E-state index >= 15 is 0 Å². The molecule has 166 valence electrons. The van der Waals surface area contributed by atoms with Gasteiger partial charge in [0.15, 0.2) is 5.82 Å². The Bertz CT molecular complexity index is 1090. The van der Waals surface area contributed by atoms with E-state index < -0.39 is 0 Å². The van der Waals surface area contributed by atoms with Crippen LogP contribution >= 0.6 is 11.3 Å². The van der Waals surface area contributed by atoms with E-state index in [9.17, 15) is 9.59 Å². The number of likely N-dealkylation sites (tertiary alicyclic amines) is 1. The van der Waals surface area contributed by atoms with E-state index in [4.69, 9.17) is 0 Å². The Labute approximate surface area is 191 Å². The second-order valence-electron chi connectivity index (χ2n) is 8.54. The minimum absolute atomic E-state index is 0.0225. The fraction of sp³-hybridized carbons (Fsp3) is 0.417. The van der Waals surface area contributed by atoms with Gasteiger partial charge in [0, 0.05) is 37.3 Å². The number of hydrogen-bond acceptors (Lipinski definition) is 5. The predicted octanol–water partition coefficient (Wildman–Crippen LogP) is 4.22. The zero-order valence-corrected chi connectivity index (χ0v) is 18.8. The van der Waals surface area contributed by atoms with E-state index in [0.29, 0.717) is 13.1 Å². The fourth-order valence-electron chi connectivity index (χ4n) is 4.58. The number of aryl methyl sites for hydroxylation is 1. The molecule has 0 bridgehead atoms. The molecule has 5 rings (SSSR count). The van der Waals surface area contributed by atoms with Crippen molar-refractivity contribution in [2.24, 2.45) is 5.92 Å². The van der Waals surface area contributed by atoms with Gasteiger partial charge in [-0.1, -0.05) is 12.5 Å². The van der Waals surface area contributed by atoms with Crippen LogP contribution in [-0.4, -0.2) is 44.6 Å². The standard InChI is InChI=1S/C24H27N5O2S/c30-23(18-6-4-13-28(16-18)24(31)20-7-5-15-32-20)25-19-11-9-17(10-12-19)22-27-26-21-8-2-1-3-14-29(21)22/h5,7,9-12,15,18H,1-4,6,8,13-14,16H2,(H,25,30)/t18-/m1/s1. The number of aromatic nitrogens is 3. The first kappa shape index (κ1) is 20.9. The zero-order valence-electron chi connectivity index (χ0n) is 18.0. The van der Waals surface area contributed by atoms with E-state index in [2.05, 4.69) is 20.1 Å². The van der Waals surface area contributed by atoms with Gasteiger partial charge in [-0.25, -0.2) is 0 Å². The second kappa shape index (κ2) is 9.24. The number of fused-ring (bicyclic) bond motifs is 1. The van der Waals surface area contributed by atoms with Gasteiger partial charge in [-0.3, -0.25) is 9.59 Å². The highest BCUT2D eigenvalue weighted by Gasteiger charge is 2.29. The van der Waals surface area contributed by atoms with Crippen LogP contribution in [-0.2, 0) is 17.8 Å². The van der Waals surface area contributed by atoms with Crippen LogP contribution in [0.2, 0.25) is 0 Å². The third kappa shape index (κ3) is 4.32. The molecule has 2 aliphatic heterocycles. The van der Waals surface area contributed by atoms with E-state index in [1.807, 2.05) is 41.8 Å². The first-order valence-electron chi connectivity index (χ1n) is 11.4. The topological polar surface area (TPSA) is 80.1 Å². The van der Waals surface area contributed by atoms with Gasteiger partial charge in [-0.05, 0) is 61.4 Å². The van der Waals surface area contributed by atoms with Gasteiger partial charge < -0.3 is 14.8 Å². The van der Waals surface area contributed by atoms with E-state index in [1.54, 1.807) is 4.90 Å². The smallest absolute Gasteiger partial charge is 0.263 e. The van der Waals surface area contributed by atoms with Crippen LogP contribution in [0.4, 0.5) is 5.69 Å². The normalized spacial score (nSPS) is 18.6. The first-order chi connectivity index (χ1) is 15.7. The molecule has 1 N–H and O–H groups in total. The summed E-state index contributed by atoms with van der Waals surface area (Å²) < 4.78 is 2.22. The van der Waals surface area contributed by atoms with Crippen molar-refractivity contribution in [1.29, 1.82) is 0 Å². The Morgan fingerprint density at radius 3 is 2.69 bits per heavy atom. The number of thiophene rings is 1. The monoisotopic (exact) mass is 449 g/mol. The lowest BCUT2D eigenvalue weighted by Gasteiger charge is -2.31. The summed E-state index contributed by atoms with van der Waals surface area (Å²) in [6.07, 6.45) is 6.16. The largest absolute Gasteiger partial charge is 0.337 e. The highest BCUT2D eigenvalue weighted by Crippen LogP contribution is 2.25. The first-order valence-corrected chi connectivity index (χ1v) is 12.2. The van der Waals surface area contributed by atoms with Gasteiger partial charge in [0.25, 0.3) is 5.91 Å². The summed E-state index contributed by atoms with van der Waals surface area (Å²) in [5, 5.41) is 13.7. The Morgan fingerprint density at radius 1 is 1.00 bits per heavy atom. The number of benzene rings is 1. The molecule has 0 unspecified atom stereocenters. The predicted molar refractivity (Wildman–Crippen MR) is 125 cm³/mol. The van der Waals surface area contributed by atoms with Gasteiger partial charge in [-0.2, -0.15) is 0 Å². The molecule has 1 aromatic carbocycles. The average molecular weight is 450 g/mol. The minimum Gasteiger partial charge on any atom is -0.337 e. The zero-order chi connectivity index (χ0) is 21.9. The van der Waals surface area contributed by atoms with Crippen LogP contribution in [0.1, 0.15) is 47.6 Å². The van der Waals surface area contributed by atoms with Gasteiger partial charge in [0.05, 0.1) is 10.8 Å². The summed E-state index contributed by atoms with van der Waals surface area (Å²) in [6.45, 7) is 2.13. The molecule has 3 aromatic rings. The van der Waals surface area contributed by atoms with Crippen LogP contribution in [0.5, 0.6) is 0 Å². The van der Waals surface area contributed by atoms with Gasteiger partial charge in [0.1, 0.15) is 5.82 Å². The maximum absolute atomic E-state index is 12.9. The Morgan fingerprint density at radius 2 is 1.88 bits per heavy atom. The summed E-state index contributed by atoms with van der Waals surface area (Å²) in [7, 11) is 0. The van der Waals surface area contributed by atoms with Crippen LogP contribution in [0, 0.1) is 5.92 Å². The number of carbonyl (C=O) groups excluding carboxylic acids is 2. The molecule has 1 saturated heterocycles. The van der Waals surface area contributed by atoms with Crippen molar-refractivity contribution in [1.82, 2.24) is 19.7 Å². The molecule has 7 nitrogen and oxygen atoms in total. The lowest BCUT2D eigenvalue weighted by Crippen LogP contribution is -2.43. The molecular formula is C24H27N5O2S. The average Bonchev–Trinajstić information content (AvgIpc) is 3.45. The minimum atomic E-state index is -0.195. The van der Waals surface area contributed by atoms with Gasteiger partial charge in [-0.15, -0.1) is 21.5 Å².